The van der Waals surface area contributed by atoms with Crippen LogP contribution in [0.4, 0.5) is 5.82 Å². The monoisotopic (exact) mass is 286 g/mol. The fraction of sp³-hybridized carbons (Fsp3) is 0.583. The van der Waals surface area contributed by atoms with Gasteiger partial charge in [0, 0.05) is 24.6 Å². The topological polar surface area (TPSA) is 25.4 Å². The van der Waals surface area contributed by atoms with Crippen LogP contribution in [0.2, 0.25) is 0 Å². The number of pyridine rings is 1. The number of alkyl halides is 1. The van der Waals surface area contributed by atoms with E-state index < -0.39 is 0 Å². The van der Waals surface area contributed by atoms with Crippen LogP contribution in [0.3, 0.4) is 0 Å². The second-order valence-electron chi connectivity index (χ2n) is 3.43. The van der Waals surface area contributed by atoms with Crippen molar-refractivity contribution in [3.8, 4) is 5.75 Å². The number of ether oxygens (including phenoxy) is 1. The van der Waals surface area contributed by atoms with Gasteiger partial charge < -0.3 is 9.64 Å². The minimum atomic E-state index is 0.674. The lowest BCUT2D eigenvalue weighted by molar-refractivity contribution is 0.339. The van der Waals surface area contributed by atoms with E-state index in [4.69, 9.17) is 4.74 Å². The largest absolute Gasteiger partial charge is 0.490 e. The summed E-state index contributed by atoms with van der Waals surface area (Å²) in [6, 6.07) is 3.88. The average molecular weight is 287 g/mol. The summed E-state index contributed by atoms with van der Waals surface area (Å²) >= 11 is 3.47. The van der Waals surface area contributed by atoms with Crippen molar-refractivity contribution in [1.82, 2.24) is 4.98 Å². The number of nitrogens with zero attached hydrogens (tertiary/aromatic N) is 2. The van der Waals surface area contributed by atoms with Crippen LogP contribution < -0.4 is 9.64 Å². The van der Waals surface area contributed by atoms with Crippen molar-refractivity contribution in [2.24, 2.45) is 0 Å². The van der Waals surface area contributed by atoms with E-state index in [1.165, 1.54) is 0 Å². The quantitative estimate of drug-likeness (QED) is 0.721. The van der Waals surface area contributed by atoms with E-state index >= 15 is 0 Å². The number of anilines is 1. The van der Waals surface area contributed by atoms with Crippen LogP contribution in [0.15, 0.2) is 18.3 Å². The molecule has 0 aromatic carbocycles. The summed E-state index contributed by atoms with van der Waals surface area (Å²) in [5, 5.41) is 0.940. The molecule has 0 amide bonds. The molecule has 1 heterocycles. The summed E-state index contributed by atoms with van der Waals surface area (Å²) in [4.78, 5) is 6.66. The first-order valence-corrected chi connectivity index (χ1v) is 6.84. The number of hydrogen-bond donors (Lipinski definition) is 0. The molecule has 1 aromatic rings. The van der Waals surface area contributed by atoms with Crippen molar-refractivity contribution in [2.75, 3.05) is 29.9 Å². The Morgan fingerprint density at radius 2 is 2.19 bits per heavy atom. The maximum absolute atomic E-state index is 5.59. The lowest BCUT2D eigenvalue weighted by Crippen LogP contribution is -2.27. The fourth-order valence-electron chi connectivity index (χ4n) is 1.58. The molecule has 0 saturated carbocycles. The summed E-state index contributed by atoms with van der Waals surface area (Å²) in [6.45, 7) is 6.79. The van der Waals surface area contributed by atoms with Crippen LogP contribution in [0.1, 0.15) is 20.3 Å². The first-order valence-electron chi connectivity index (χ1n) is 5.72. The Bertz CT molecular complexity index is 301. The van der Waals surface area contributed by atoms with Crippen LogP contribution in [-0.2, 0) is 0 Å². The first kappa shape index (κ1) is 13.3. The molecule has 0 unspecified atom stereocenters. The molecule has 0 spiro atoms. The lowest BCUT2D eigenvalue weighted by atomic mass is 10.3. The molecule has 0 radical (unpaired) electrons. The fourth-order valence-corrected chi connectivity index (χ4v) is 2.01. The van der Waals surface area contributed by atoms with E-state index in [2.05, 4.69) is 32.7 Å². The molecule has 0 atom stereocenters. The normalized spacial score (nSPS) is 10.2. The maximum Gasteiger partial charge on any atom is 0.171 e. The molecule has 0 aliphatic rings. The van der Waals surface area contributed by atoms with Crippen LogP contribution in [0.5, 0.6) is 5.75 Å². The average Bonchev–Trinajstić information content (AvgIpc) is 2.30. The molecular formula is C12H19BrN2O. The van der Waals surface area contributed by atoms with E-state index in [0.717, 1.165) is 36.4 Å². The van der Waals surface area contributed by atoms with E-state index in [1.807, 2.05) is 25.3 Å². The summed E-state index contributed by atoms with van der Waals surface area (Å²) in [7, 11) is 0. The highest BCUT2D eigenvalue weighted by Gasteiger charge is 2.11. The predicted octanol–water partition coefficient (Wildman–Crippen LogP) is 3.09. The van der Waals surface area contributed by atoms with Crippen LogP contribution in [0, 0.1) is 0 Å². The maximum atomic E-state index is 5.59. The van der Waals surface area contributed by atoms with E-state index in [-0.39, 0.29) is 0 Å². The minimum absolute atomic E-state index is 0.674. The summed E-state index contributed by atoms with van der Waals surface area (Å²) < 4.78 is 5.59. The smallest absolute Gasteiger partial charge is 0.171 e. The third-order valence-corrected chi connectivity index (χ3v) is 2.55. The molecule has 3 nitrogen and oxygen atoms in total. The third-order valence-electron chi connectivity index (χ3n) is 2.20. The Morgan fingerprint density at radius 1 is 1.38 bits per heavy atom. The Kier molecular flexibility index (Phi) is 6.23. The molecule has 1 rings (SSSR count). The van der Waals surface area contributed by atoms with Gasteiger partial charge in [-0.15, -0.1) is 0 Å². The van der Waals surface area contributed by atoms with Crippen molar-refractivity contribution >= 4 is 21.7 Å². The molecule has 0 aliphatic carbocycles. The second kappa shape index (κ2) is 7.49. The summed E-state index contributed by atoms with van der Waals surface area (Å²) in [6.07, 6.45) is 2.92. The van der Waals surface area contributed by atoms with Gasteiger partial charge in [0.25, 0.3) is 0 Å². The van der Waals surface area contributed by atoms with Gasteiger partial charge in [-0.25, -0.2) is 4.98 Å². The zero-order valence-electron chi connectivity index (χ0n) is 9.95. The van der Waals surface area contributed by atoms with Crippen LogP contribution >= 0.6 is 15.9 Å². The van der Waals surface area contributed by atoms with Crippen molar-refractivity contribution < 1.29 is 4.74 Å². The standard InChI is InChI=1S/C12H19BrN2O/c1-3-9-15(10-7-13)12-11(16-4-2)6-5-8-14-12/h5-6,8H,3-4,7,9-10H2,1-2H3. The second-order valence-corrected chi connectivity index (χ2v) is 4.23. The van der Waals surface area contributed by atoms with E-state index in [1.54, 1.807) is 0 Å². The van der Waals surface area contributed by atoms with Gasteiger partial charge in [0.05, 0.1) is 6.61 Å². The Balaban J connectivity index is 2.87. The van der Waals surface area contributed by atoms with Crippen molar-refractivity contribution in [3.05, 3.63) is 18.3 Å². The molecule has 90 valence electrons. The van der Waals surface area contributed by atoms with Crippen LogP contribution in [-0.4, -0.2) is 30.0 Å². The van der Waals surface area contributed by atoms with Gasteiger partial charge in [0.1, 0.15) is 0 Å². The molecule has 0 N–H and O–H groups in total. The predicted molar refractivity (Wildman–Crippen MR) is 71.7 cm³/mol. The summed E-state index contributed by atoms with van der Waals surface area (Å²) in [5.74, 6) is 1.82. The van der Waals surface area contributed by atoms with Crippen molar-refractivity contribution in [2.45, 2.75) is 20.3 Å². The Morgan fingerprint density at radius 3 is 2.81 bits per heavy atom. The minimum Gasteiger partial charge on any atom is -0.490 e. The molecule has 0 saturated heterocycles. The third kappa shape index (κ3) is 3.67. The van der Waals surface area contributed by atoms with Crippen LogP contribution in [0.25, 0.3) is 0 Å². The zero-order chi connectivity index (χ0) is 11.8. The number of hydrogen-bond acceptors (Lipinski definition) is 3. The van der Waals surface area contributed by atoms with Gasteiger partial charge >= 0.3 is 0 Å². The molecule has 4 heteroatoms. The van der Waals surface area contributed by atoms with Gasteiger partial charge in [0.15, 0.2) is 11.6 Å². The molecule has 0 aliphatic heterocycles. The Hall–Kier alpha value is -0.770. The zero-order valence-corrected chi connectivity index (χ0v) is 11.5. The van der Waals surface area contributed by atoms with Crippen molar-refractivity contribution in [3.63, 3.8) is 0 Å². The number of aromatic nitrogens is 1. The number of rotatable bonds is 7. The molecule has 0 bridgehead atoms. The van der Waals surface area contributed by atoms with Crippen molar-refractivity contribution in [1.29, 1.82) is 0 Å². The van der Waals surface area contributed by atoms with Gasteiger partial charge in [-0.05, 0) is 25.5 Å². The molecular weight excluding hydrogens is 268 g/mol. The van der Waals surface area contributed by atoms with Gasteiger partial charge in [-0.2, -0.15) is 0 Å². The molecule has 1 aromatic heterocycles. The van der Waals surface area contributed by atoms with Gasteiger partial charge in [-0.3, -0.25) is 0 Å². The molecule has 16 heavy (non-hydrogen) atoms. The highest BCUT2D eigenvalue weighted by atomic mass is 79.9. The first-order chi connectivity index (χ1) is 7.83. The van der Waals surface area contributed by atoms with E-state index in [9.17, 15) is 0 Å². The van der Waals surface area contributed by atoms with Gasteiger partial charge in [-0.1, -0.05) is 22.9 Å². The summed E-state index contributed by atoms with van der Waals surface area (Å²) in [5.41, 5.74) is 0. The Labute approximate surface area is 106 Å². The SMILES string of the molecule is CCCN(CCBr)c1ncccc1OCC. The number of halogens is 1. The highest BCUT2D eigenvalue weighted by molar-refractivity contribution is 9.09. The van der Waals surface area contributed by atoms with Gasteiger partial charge in [0.2, 0.25) is 0 Å². The lowest BCUT2D eigenvalue weighted by Gasteiger charge is -2.24. The molecule has 0 fully saturated rings. The highest BCUT2D eigenvalue weighted by Crippen LogP contribution is 2.25. The van der Waals surface area contributed by atoms with E-state index in [0.29, 0.717) is 6.61 Å².